The van der Waals surface area contributed by atoms with E-state index in [1.807, 2.05) is 12.4 Å². The maximum absolute atomic E-state index is 5.35. The predicted molar refractivity (Wildman–Crippen MR) is 159 cm³/mol. The first-order valence-electron chi connectivity index (χ1n) is 14.6. The molecule has 2 aliphatic heterocycles. The van der Waals surface area contributed by atoms with E-state index in [-0.39, 0.29) is 17.0 Å². The molecule has 0 saturated carbocycles. The Balaban J connectivity index is 1.75. The average Bonchev–Trinajstić information content (AvgIpc) is 3.22. The first-order chi connectivity index (χ1) is 18.2. The van der Waals surface area contributed by atoms with E-state index >= 15 is 0 Å². The summed E-state index contributed by atoms with van der Waals surface area (Å²) in [5, 5.41) is 0. The summed E-state index contributed by atoms with van der Waals surface area (Å²) in [5.41, 5.74) is 7.62. The van der Waals surface area contributed by atoms with Crippen LogP contribution >= 0.6 is 0 Å². The van der Waals surface area contributed by atoms with Gasteiger partial charge in [0, 0.05) is 41.5 Å². The highest BCUT2D eigenvalue weighted by Crippen LogP contribution is 2.64. The van der Waals surface area contributed by atoms with Crippen LogP contribution in [0.25, 0.3) is 11.4 Å². The Morgan fingerprint density at radius 1 is 0.895 bits per heavy atom. The van der Waals surface area contributed by atoms with Crippen LogP contribution in [0.3, 0.4) is 0 Å². The molecule has 0 N–H and O–H groups in total. The quantitative estimate of drug-likeness (QED) is 0.318. The van der Waals surface area contributed by atoms with Crippen molar-refractivity contribution in [2.45, 2.75) is 104 Å². The van der Waals surface area contributed by atoms with Gasteiger partial charge in [0.05, 0.1) is 6.20 Å². The van der Waals surface area contributed by atoms with Gasteiger partial charge in [-0.15, -0.1) is 0 Å². The number of fused-ring (bicyclic) bond motifs is 5. The van der Waals surface area contributed by atoms with E-state index in [9.17, 15) is 0 Å². The molecule has 0 aliphatic carbocycles. The van der Waals surface area contributed by atoms with Gasteiger partial charge in [-0.25, -0.2) is 9.97 Å². The molecule has 3 aromatic rings. The number of nitrogens with zero attached hydrogens (tertiary/aromatic N) is 5. The fourth-order valence-corrected chi connectivity index (χ4v) is 7.72. The highest BCUT2D eigenvalue weighted by atomic mass is 15.5. The molecule has 3 atom stereocenters. The molecule has 0 amide bonds. The fraction of sp³-hybridized carbons (Fsp3) is 0.545. The Bertz CT molecular complexity index is 1300. The zero-order chi connectivity index (χ0) is 27.4. The lowest BCUT2D eigenvalue weighted by atomic mass is 9.52. The Morgan fingerprint density at radius 2 is 1.55 bits per heavy atom. The number of anilines is 3. The minimum absolute atomic E-state index is 0.0323. The van der Waals surface area contributed by atoms with Crippen molar-refractivity contribution in [3.63, 3.8) is 0 Å². The Hall–Kier alpha value is -2.95. The van der Waals surface area contributed by atoms with Gasteiger partial charge in [-0.3, -0.25) is 4.98 Å². The second-order valence-electron chi connectivity index (χ2n) is 12.2. The molecule has 5 rings (SSSR count). The van der Waals surface area contributed by atoms with Gasteiger partial charge in [0.25, 0.3) is 0 Å². The zero-order valence-electron chi connectivity index (χ0n) is 24.8. The molecule has 2 aromatic heterocycles. The summed E-state index contributed by atoms with van der Waals surface area (Å²) in [6, 6.07) is 9.10. The van der Waals surface area contributed by atoms with E-state index in [4.69, 9.17) is 9.97 Å². The number of rotatable bonds is 7. The first kappa shape index (κ1) is 26.6. The van der Waals surface area contributed by atoms with Crippen LogP contribution in [0.1, 0.15) is 110 Å². The Kier molecular flexibility index (Phi) is 6.77. The number of pyridine rings is 1. The standard InChI is InChI=1S/C33H45N5/c1-10-17-33(12-3)25-15-13-14-16-26(25)38-27-20-35-29(36-30(27)37(9)31(38)32(33,8)11-2)28-23(21(4)5)18-34-19-24(28)22(6)7/h13-16,18-22,31H,10-12,17H2,1-9H3. The van der Waals surface area contributed by atoms with Crippen LogP contribution in [0.15, 0.2) is 42.9 Å². The molecule has 0 radical (unpaired) electrons. The summed E-state index contributed by atoms with van der Waals surface area (Å²) in [7, 11) is 2.24. The molecule has 4 heterocycles. The third-order valence-electron chi connectivity index (χ3n) is 9.78. The fourth-order valence-electron chi connectivity index (χ4n) is 7.72. The zero-order valence-corrected chi connectivity index (χ0v) is 24.8. The Morgan fingerprint density at radius 3 is 2.13 bits per heavy atom. The van der Waals surface area contributed by atoms with Crippen molar-refractivity contribution in [3.8, 4) is 11.4 Å². The van der Waals surface area contributed by atoms with Crippen molar-refractivity contribution in [1.82, 2.24) is 15.0 Å². The summed E-state index contributed by atoms with van der Waals surface area (Å²) >= 11 is 0. The van der Waals surface area contributed by atoms with Crippen molar-refractivity contribution in [1.29, 1.82) is 0 Å². The molecule has 0 saturated heterocycles. The maximum Gasteiger partial charge on any atom is 0.162 e. The molecule has 5 heteroatoms. The predicted octanol–water partition coefficient (Wildman–Crippen LogP) is 8.58. The lowest BCUT2D eigenvalue weighted by molar-refractivity contribution is 0.0704. The highest BCUT2D eigenvalue weighted by Gasteiger charge is 2.61. The highest BCUT2D eigenvalue weighted by molar-refractivity contribution is 5.85. The monoisotopic (exact) mass is 511 g/mol. The van der Waals surface area contributed by atoms with Crippen molar-refractivity contribution < 1.29 is 0 Å². The molecule has 3 unspecified atom stereocenters. The smallest absolute Gasteiger partial charge is 0.162 e. The van der Waals surface area contributed by atoms with Gasteiger partial charge >= 0.3 is 0 Å². The van der Waals surface area contributed by atoms with Crippen LogP contribution in [0.5, 0.6) is 0 Å². The number of aromatic nitrogens is 3. The maximum atomic E-state index is 5.35. The van der Waals surface area contributed by atoms with Crippen molar-refractivity contribution in [2.75, 3.05) is 16.8 Å². The Labute approximate surface area is 229 Å². The molecule has 1 aromatic carbocycles. The number of hydrogen-bond acceptors (Lipinski definition) is 5. The topological polar surface area (TPSA) is 45.2 Å². The van der Waals surface area contributed by atoms with Crippen molar-refractivity contribution in [3.05, 3.63) is 59.5 Å². The van der Waals surface area contributed by atoms with E-state index < -0.39 is 0 Å². The summed E-state index contributed by atoms with van der Waals surface area (Å²) < 4.78 is 0. The minimum atomic E-state index is 0.0323. The van der Waals surface area contributed by atoms with E-state index in [2.05, 4.69) is 108 Å². The van der Waals surface area contributed by atoms with Crippen LogP contribution in [0, 0.1) is 5.41 Å². The number of hydrogen-bond donors (Lipinski definition) is 0. The molecule has 38 heavy (non-hydrogen) atoms. The molecule has 0 spiro atoms. The first-order valence-corrected chi connectivity index (χ1v) is 14.6. The van der Waals surface area contributed by atoms with Crippen LogP contribution in [-0.2, 0) is 5.41 Å². The summed E-state index contributed by atoms with van der Waals surface area (Å²) in [5.74, 6) is 2.52. The summed E-state index contributed by atoms with van der Waals surface area (Å²) in [6.45, 7) is 18.5. The lowest BCUT2D eigenvalue weighted by Crippen LogP contribution is -2.63. The van der Waals surface area contributed by atoms with Gasteiger partial charge in [-0.1, -0.05) is 80.0 Å². The van der Waals surface area contributed by atoms with E-state index in [1.54, 1.807) is 0 Å². The minimum Gasteiger partial charge on any atom is -0.336 e. The largest absolute Gasteiger partial charge is 0.336 e. The SMILES string of the molecule is CCCC1(CC)c2ccccc2N2c3cnc(-c4c(C(C)C)cncc4C(C)C)nc3N(C)C2C1(C)CC. The van der Waals surface area contributed by atoms with Gasteiger partial charge < -0.3 is 9.80 Å². The average molecular weight is 512 g/mol. The van der Waals surface area contributed by atoms with Crippen LogP contribution in [0.2, 0.25) is 0 Å². The second kappa shape index (κ2) is 9.66. The molecule has 5 nitrogen and oxygen atoms in total. The molecule has 0 bridgehead atoms. The third kappa shape index (κ3) is 3.53. The summed E-state index contributed by atoms with van der Waals surface area (Å²) in [4.78, 5) is 20.0. The molecular weight excluding hydrogens is 466 g/mol. The third-order valence-corrected chi connectivity index (χ3v) is 9.78. The van der Waals surface area contributed by atoms with Gasteiger partial charge in [-0.2, -0.15) is 0 Å². The van der Waals surface area contributed by atoms with Crippen molar-refractivity contribution in [2.24, 2.45) is 5.41 Å². The van der Waals surface area contributed by atoms with E-state index in [1.165, 1.54) is 35.2 Å². The number of para-hydroxylation sites is 1. The molecule has 0 fully saturated rings. The van der Waals surface area contributed by atoms with Gasteiger partial charge in [-0.05, 0) is 53.9 Å². The normalized spacial score (nSPS) is 24.1. The lowest BCUT2D eigenvalue weighted by Gasteiger charge is -2.60. The van der Waals surface area contributed by atoms with Crippen LogP contribution in [0.4, 0.5) is 17.2 Å². The molecule has 202 valence electrons. The van der Waals surface area contributed by atoms with Gasteiger partial charge in [0.2, 0.25) is 0 Å². The molecule has 2 aliphatic rings. The van der Waals surface area contributed by atoms with Crippen molar-refractivity contribution >= 4 is 17.2 Å². The second-order valence-corrected chi connectivity index (χ2v) is 12.2. The molecular formula is C33H45N5. The van der Waals surface area contributed by atoms with Gasteiger partial charge in [0.15, 0.2) is 11.6 Å². The van der Waals surface area contributed by atoms with Gasteiger partial charge in [0.1, 0.15) is 11.9 Å². The van der Waals surface area contributed by atoms with E-state index in [0.717, 1.165) is 35.7 Å². The summed E-state index contributed by atoms with van der Waals surface area (Å²) in [6.07, 6.45) is 10.8. The van der Waals surface area contributed by atoms with Crippen LogP contribution in [-0.4, -0.2) is 28.2 Å². The van der Waals surface area contributed by atoms with E-state index in [0.29, 0.717) is 11.8 Å². The van der Waals surface area contributed by atoms with Crippen LogP contribution < -0.4 is 9.80 Å². The number of benzene rings is 1.